The van der Waals surface area contributed by atoms with E-state index < -0.39 is 0 Å². The first-order valence-electron chi connectivity index (χ1n) is 8.72. The Morgan fingerprint density at radius 1 is 1.15 bits per heavy atom. The highest BCUT2D eigenvalue weighted by atomic mass is 32.1. The maximum atomic E-state index is 5.57. The molecule has 1 heterocycles. The molecule has 0 spiro atoms. The summed E-state index contributed by atoms with van der Waals surface area (Å²) in [6, 6.07) is 8.01. The Labute approximate surface area is 159 Å². The van der Waals surface area contributed by atoms with Crippen LogP contribution in [0.5, 0.6) is 5.75 Å². The Kier molecular flexibility index (Phi) is 8.37. The molecule has 0 atom stereocenters. The van der Waals surface area contributed by atoms with Crippen LogP contribution < -0.4 is 15.4 Å². The highest BCUT2D eigenvalue weighted by Crippen LogP contribution is 2.17. The lowest BCUT2D eigenvalue weighted by molar-refractivity contribution is 0.146. The second-order valence-corrected chi connectivity index (χ2v) is 7.03. The number of nitrogens with one attached hydrogen (secondary N) is 2. The van der Waals surface area contributed by atoms with Crippen molar-refractivity contribution in [1.29, 1.82) is 0 Å². The lowest BCUT2D eigenvalue weighted by atomic mass is 10.2. The van der Waals surface area contributed by atoms with Gasteiger partial charge in [-0.3, -0.25) is 4.99 Å². The second kappa shape index (κ2) is 10.8. The minimum atomic E-state index is 0.457. The van der Waals surface area contributed by atoms with Gasteiger partial charge in [-0.2, -0.15) is 0 Å². The van der Waals surface area contributed by atoms with Gasteiger partial charge in [-0.25, -0.2) is 4.98 Å². The number of guanidine groups is 1. The third kappa shape index (κ3) is 6.65. The number of benzene rings is 1. The molecule has 6 nitrogen and oxygen atoms in total. The zero-order valence-corrected chi connectivity index (χ0v) is 16.7. The van der Waals surface area contributed by atoms with Crippen LogP contribution in [-0.2, 0) is 17.8 Å². The Bertz CT molecular complexity index is 683. The molecule has 0 saturated heterocycles. The van der Waals surface area contributed by atoms with Gasteiger partial charge in [0.05, 0.1) is 18.8 Å². The summed E-state index contributed by atoms with van der Waals surface area (Å²) in [4.78, 5) is 8.89. The van der Waals surface area contributed by atoms with Crippen molar-refractivity contribution in [2.24, 2.45) is 4.99 Å². The third-order valence-electron chi connectivity index (χ3n) is 3.73. The van der Waals surface area contributed by atoms with E-state index in [1.807, 2.05) is 24.3 Å². The third-order valence-corrected chi connectivity index (χ3v) is 4.60. The van der Waals surface area contributed by atoms with Gasteiger partial charge in [0.2, 0.25) is 0 Å². The molecular formula is C19H28N4O2S. The van der Waals surface area contributed by atoms with Crippen molar-refractivity contribution in [2.45, 2.75) is 32.9 Å². The van der Waals surface area contributed by atoms with Crippen molar-refractivity contribution in [1.82, 2.24) is 15.6 Å². The molecule has 142 valence electrons. The molecule has 2 N–H and O–H groups in total. The van der Waals surface area contributed by atoms with E-state index in [1.165, 1.54) is 0 Å². The predicted molar refractivity (Wildman–Crippen MR) is 107 cm³/mol. The predicted octanol–water partition coefficient (Wildman–Crippen LogP) is 3.16. The number of aromatic nitrogens is 1. The van der Waals surface area contributed by atoms with Crippen molar-refractivity contribution in [3.63, 3.8) is 0 Å². The fourth-order valence-electron chi connectivity index (χ4n) is 2.18. The normalized spacial score (nSPS) is 11.7. The number of rotatable bonds is 9. The minimum Gasteiger partial charge on any atom is -0.491 e. The molecular weight excluding hydrogens is 348 g/mol. The topological polar surface area (TPSA) is 67.8 Å². The first-order chi connectivity index (χ1) is 12.6. The Balaban J connectivity index is 1.77. The average Bonchev–Trinajstić information content (AvgIpc) is 3.12. The van der Waals surface area contributed by atoms with Crippen LogP contribution in [0.2, 0.25) is 0 Å². The van der Waals surface area contributed by atoms with Gasteiger partial charge in [-0.1, -0.05) is 26.0 Å². The van der Waals surface area contributed by atoms with E-state index >= 15 is 0 Å². The Morgan fingerprint density at radius 2 is 1.88 bits per heavy atom. The summed E-state index contributed by atoms with van der Waals surface area (Å²) >= 11 is 1.68. The first-order valence-corrected chi connectivity index (χ1v) is 9.59. The fraction of sp³-hybridized carbons (Fsp3) is 0.474. The molecule has 0 saturated carbocycles. The fourth-order valence-corrected chi connectivity index (χ4v) is 3.08. The van der Waals surface area contributed by atoms with Crippen molar-refractivity contribution in [2.75, 3.05) is 27.4 Å². The van der Waals surface area contributed by atoms with Crippen molar-refractivity contribution in [3.8, 4) is 5.75 Å². The van der Waals surface area contributed by atoms with Crippen LogP contribution in [0.15, 0.2) is 34.6 Å². The van der Waals surface area contributed by atoms with E-state index in [0.29, 0.717) is 32.2 Å². The molecule has 2 rings (SSSR count). The van der Waals surface area contributed by atoms with E-state index in [0.717, 1.165) is 28.0 Å². The zero-order valence-electron chi connectivity index (χ0n) is 15.9. The van der Waals surface area contributed by atoms with Gasteiger partial charge in [0.25, 0.3) is 0 Å². The van der Waals surface area contributed by atoms with Crippen LogP contribution in [-0.4, -0.2) is 38.3 Å². The minimum absolute atomic E-state index is 0.457. The van der Waals surface area contributed by atoms with Gasteiger partial charge in [0.15, 0.2) is 5.96 Å². The van der Waals surface area contributed by atoms with E-state index in [4.69, 9.17) is 9.47 Å². The lowest BCUT2D eigenvalue weighted by Gasteiger charge is -2.11. The van der Waals surface area contributed by atoms with Gasteiger partial charge in [0, 0.05) is 26.1 Å². The SMILES string of the molecule is CN=C(NCc1ccc(OCCOC)cc1)NCc1nc(C(C)C)cs1. The largest absolute Gasteiger partial charge is 0.491 e. The van der Waals surface area contributed by atoms with E-state index in [9.17, 15) is 0 Å². The van der Waals surface area contributed by atoms with Crippen LogP contribution in [0.1, 0.15) is 36.0 Å². The molecule has 2 aromatic rings. The van der Waals surface area contributed by atoms with Crippen LogP contribution in [0, 0.1) is 0 Å². The Morgan fingerprint density at radius 3 is 2.50 bits per heavy atom. The molecule has 0 bridgehead atoms. The molecule has 1 aromatic carbocycles. The standard InChI is InChI=1S/C19H28N4O2S/c1-14(2)17-13-26-18(23-17)12-22-19(20-3)21-11-15-5-7-16(8-6-15)25-10-9-24-4/h5-8,13-14H,9-12H2,1-4H3,(H2,20,21,22). The van der Waals surface area contributed by atoms with Gasteiger partial charge in [-0.15, -0.1) is 11.3 Å². The number of methoxy groups -OCH3 is 1. The number of hydrogen-bond acceptors (Lipinski definition) is 5. The molecule has 1 aromatic heterocycles. The number of ether oxygens (including phenoxy) is 2. The molecule has 0 unspecified atom stereocenters. The molecule has 0 aliphatic carbocycles. The smallest absolute Gasteiger partial charge is 0.191 e. The van der Waals surface area contributed by atoms with Crippen molar-refractivity contribution >= 4 is 17.3 Å². The molecule has 7 heteroatoms. The maximum Gasteiger partial charge on any atom is 0.191 e. The van der Waals surface area contributed by atoms with E-state index in [2.05, 4.69) is 39.8 Å². The lowest BCUT2D eigenvalue weighted by Crippen LogP contribution is -2.36. The highest BCUT2D eigenvalue weighted by Gasteiger charge is 2.06. The number of aliphatic imine (C=N–C) groups is 1. The van der Waals surface area contributed by atoms with Crippen LogP contribution >= 0.6 is 11.3 Å². The number of nitrogens with zero attached hydrogens (tertiary/aromatic N) is 2. The van der Waals surface area contributed by atoms with Crippen LogP contribution in [0.4, 0.5) is 0 Å². The van der Waals surface area contributed by atoms with E-state index in [1.54, 1.807) is 25.5 Å². The molecule has 0 aliphatic heterocycles. The number of thiazole rings is 1. The summed E-state index contributed by atoms with van der Waals surface area (Å²) in [5, 5.41) is 9.80. The van der Waals surface area contributed by atoms with Gasteiger partial charge in [-0.05, 0) is 23.6 Å². The van der Waals surface area contributed by atoms with Crippen LogP contribution in [0.3, 0.4) is 0 Å². The summed E-state index contributed by atoms with van der Waals surface area (Å²) in [7, 11) is 3.43. The molecule has 0 radical (unpaired) electrons. The quantitative estimate of drug-likeness (QED) is 0.400. The second-order valence-electron chi connectivity index (χ2n) is 6.09. The Hall–Kier alpha value is -2.12. The highest BCUT2D eigenvalue weighted by molar-refractivity contribution is 7.09. The monoisotopic (exact) mass is 376 g/mol. The summed E-state index contributed by atoms with van der Waals surface area (Å²) in [6.45, 7) is 6.81. The van der Waals surface area contributed by atoms with Crippen LogP contribution in [0.25, 0.3) is 0 Å². The van der Waals surface area contributed by atoms with Gasteiger partial charge in [0.1, 0.15) is 17.4 Å². The van der Waals surface area contributed by atoms with Crippen molar-refractivity contribution < 1.29 is 9.47 Å². The average molecular weight is 377 g/mol. The summed E-state index contributed by atoms with van der Waals surface area (Å²) in [5.74, 6) is 2.06. The number of hydrogen-bond donors (Lipinski definition) is 2. The summed E-state index contributed by atoms with van der Waals surface area (Å²) < 4.78 is 10.5. The summed E-state index contributed by atoms with van der Waals surface area (Å²) in [6.07, 6.45) is 0. The van der Waals surface area contributed by atoms with E-state index in [-0.39, 0.29) is 0 Å². The molecule has 26 heavy (non-hydrogen) atoms. The van der Waals surface area contributed by atoms with Gasteiger partial charge < -0.3 is 20.1 Å². The van der Waals surface area contributed by atoms with Crippen molar-refractivity contribution in [3.05, 3.63) is 45.9 Å². The molecule has 0 amide bonds. The van der Waals surface area contributed by atoms with Gasteiger partial charge >= 0.3 is 0 Å². The first kappa shape index (κ1) is 20.2. The summed E-state index contributed by atoms with van der Waals surface area (Å²) in [5.41, 5.74) is 2.30. The molecule has 0 fully saturated rings. The molecule has 0 aliphatic rings. The zero-order chi connectivity index (χ0) is 18.8. The maximum absolute atomic E-state index is 5.57.